The summed E-state index contributed by atoms with van der Waals surface area (Å²) in [5.41, 5.74) is 5.67. The number of benzene rings is 1. The molecule has 28 heavy (non-hydrogen) atoms. The molecule has 0 saturated carbocycles. The molecule has 1 aromatic carbocycles. The van der Waals surface area contributed by atoms with E-state index in [-0.39, 0.29) is 11.8 Å². The molecule has 3 heterocycles. The highest BCUT2D eigenvalue weighted by Crippen LogP contribution is 2.29. The number of likely N-dealkylation sites (tertiary alicyclic amines) is 1. The Morgan fingerprint density at radius 2 is 1.93 bits per heavy atom. The van der Waals surface area contributed by atoms with Gasteiger partial charge in [-0.2, -0.15) is 0 Å². The van der Waals surface area contributed by atoms with Gasteiger partial charge in [-0.1, -0.05) is 17.7 Å². The molecule has 1 atom stereocenters. The first-order valence-electron chi connectivity index (χ1n) is 9.46. The summed E-state index contributed by atoms with van der Waals surface area (Å²) in [6.07, 6.45) is 5.53. The van der Waals surface area contributed by atoms with E-state index in [1.807, 2.05) is 17.9 Å². The Balaban J connectivity index is 1.49. The number of rotatable bonds is 4. The van der Waals surface area contributed by atoms with Crippen molar-refractivity contribution in [2.45, 2.75) is 26.2 Å². The van der Waals surface area contributed by atoms with Crippen molar-refractivity contribution in [3.05, 3.63) is 77.6 Å². The van der Waals surface area contributed by atoms with E-state index in [0.717, 1.165) is 29.2 Å². The molecule has 0 unspecified atom stereocenters. The Morgan fingerprint density at radius 3 is 2.68 bits per heavy atom. The van der Waals surface area contributed by atoms with Gasteiger partial charge in [0.1, 0.15) is 5.69 Å². The van der Waals surface area contributed by atoms with Gasteiger partial charge in [0, 0.05) is 54.2 Å². The topological polar surface area (TPSA) is 71.0 Å². The fourth-order valence-corrected chi connectivity index (χ4v) is 3.54. The predicted molar refractivity (Wildman–Crippen MR) is 109 cm³/mol. The van der Waals surface area contributed by atoms with Gasteiger partial charge in [0.15, 0.2) is 0 Å². The van der Waals surface area contributed by atoms with Crippen molar-refractivity contribution < 1.29 is 4.79 Å². The summed E-state index contributed by atoms with van der Waals surface area (Å²) in [5.74, 6) is 0.153. The van der Waals surface area contributed by atoms with Crippen LogP contribution in [0.3, 0.4) is 0 Å². The molecule has 4 rings (SSSR count). The van der Waals surface area contributed by atoms with Gasteiger partial charge in [-0.3, -0.25) is 14.8 Å². The first-order valence-corrected chi connectivity index (χ1v) is 9.46. The Labute approximate surface area is 164 Å². The second-order valence-electron chi connectivity index (χ2n) is 7.24. The van der Waals surface area contributed by atoms with Crippen molar-refractivity contribution in [1.29, 1.82) is 0 Å². The SMILES string of the molecule is Cc1ccc(Nc2cc(C)nc([C@@H]3CCN(C(=O)c4cnccn4)C3)c2)cc1. The van der Waals surface area contributed by atoms with Gasteiger partial charge in [-0.25, -0.2) is 4.98 Å². The summed E-state index contributed by atoms with van der Waals surface area (Å²) in [5, 5.41) is 3.46. The Hall–Kier alpha value is -3.28. The maximum absolute atomic E-state index is 12.6. The number of amides is 1. The minimum atomic E-state index is -0.0683. The van der Waals surface area contributed by atoms with Crippen LogP contribution in [0.5, 0.6) is 0 Å². The number of nitrogens with one attached hydrogen (secondary N) is 1. The Kier molecular flexibility index (Phi) is 5.02. The van der Waals surface area contributed by atoms with Gasteiger partial charge in [0.05, 0.1) is 6.20 Å². The van der Waals surface area contributed by atoms with E-state index in [4.69, 9.17) is 4.98 Å². The lowest BCUT2D eigenvalue weighted by Crippen LogP contribution is -2.29. The van der Waals surface area contributed by atoms with E-state index in [9.17, 15) is 4.79 Å². The fourth-order valence-electron chi connectivity index (χ4n) is 3.54. The quantitative estimate of drug-likeness (QED) is 0.752. The van der Waals surface area contributed by atoms with Crippen molar-refractivity contribution in [3.8, 4) is 0 Å². The van der Waals surface area contributed by atoms with E-state index in [2.05, 4.69) is 52.5 Å². The molecule has 6 heteroatoms. The lowest BCUT2D eigenvalue weighted by Gasteiger charge is -2.16. The predicted octanol–water partition coefficient (Wildman–Crippen LogP) is 3.86. The van der Waals surface area contributed by atoms with Crippen LogP contribution in [-0.2, 0) is 0 Å². The zero-order valence-corrected chi connectivity index (χ0v) is 16.1. The van der Waals surface area contributed by atoms with Crippen LogP contribution < -0.4 is 5.32 Å². The number of pyridine rings is 1. The molecule has 0 bridgehead atoms. The number of carbonyl (C=O) groups is 1. The Morgan fingerprint density at radius 1 is 1.11 bits per heavy atom. The van der Waals surface area contributed by atoms with Crippen LogP contribution in [0.4, 0.5) is 11.4 Å². The number of aryl methyl sites for hydroxylation is 2. The van der Waals surface area contributed by atoms with Crippen LogP contribution in [0.2, 0.25) is 0 Å². The maximum Gasteiger partial charge on any atom is 0.274 e. The second kappa shape index (κ2) is 7.76. The highest BCUT2D eigenvalue weighted by Gasteiger charge is 2.29. The van der Waals surface area contributed by atoms with Crippen molar-refractivity contribution in [1.82, 2.24) is 19.9 Å². The number of hydrogen-bond donors (Lipinski definition) is 1. The smallest absolute Gasteiger partial charge is 0.274 e. The standard InChI is InChI=1S/C22H23N5O/c1-15-3-5-18(6-4-15)26-19-11-16(2)25-20(12-19)17-7-10-27(14-17)22(28)21-13-23-8-9-24-21/h3-6,8-9,11-13,17H,7,10,14H2,1-2H3,(H,25,26)/t17-/m1/s1. The van der Waals surface area contributed by atoms with Gasteiger partial charge in [0.2, 0.25) is 0 Å². The van der Waals surface area contributed by atoms with Gasteiger partial charge >= 0.3 is 0 Å². The summed E-state index contributed by atoms with van der Waals surface area (Å²) in [4.78, 5) is 27.3. The largest absolute Gasteiger partial charge is 0.355 e. The van der Waals surface area contributed by atoms with Gasteiger partial charge in [0.25, 0.3) is 5.91 Å². The molecule has 1 amide bonds. The average molecular weight is 373 g/mol. The van der Waals surface area contributed by atoms with Crippen LogP contribution >= 0.6 is 0 Å². The van der Waals surface area contributed by atoms with Crippen molar-refractivity contribution in [2.75, 3.05) is 18.4 Å². The number of anilines is 2. The zero-order valence-electron chi connectivity index (χ0n) is 16.1. The van der Waals surface area contributed by atoms with Gasteiger partial charge in [-0.05, 0) is 44.5 Å². The van der Waals surface area contributed by atoms with E-state index in [1.54, 1.807) is 12.4 Å². The number of nitrogens with zero attached hydrogens (tertiary/aromatic N) is 4. The van der Waals surface area contributed by atoms with Crippen LogP contribution in [-0.4, -0.2) is 38.8 Å². The molecule has 1 N–H and O–H groups in total. The minimum absolute atomic E-state index is 0.0683. The molecule has 0 aliphatic carbocycles. The molecule has 6 nitrogen and oxygen atoms in total. The summed E-state index contributed by atoms with van der Waals surface area (Å²) in [6, 6.07) is 12.5. The van der Waals surface area contributed by atoms with Gasteiger partial charge in [-0.15, -0.1) is 0 Å². The van der Waals surface area contributed by atoms with E-state index in [0.29, 0.717) is 18.8 Å². The number of hydrogen-bond acceptors (Lipinski definition) is 5. The zero-order chi connectivity index (χ0) is 19.5. The van der Waals surface area contributed by atoms with E-state index >= 15 is 0 Å². The van der Waals surface area contributed by atoms with Gasteiger partial charge < -0.3 is 10.2 Å². The van der Waals surface area contributed by atoms with Crippen LogP contribution in [0.1, 0.15) is 39.8 Å². The molecule has 0 spiro atoms. The average Bonchev–Trinajstić information content (AvgIpc) is 3.20. The normalized spacial score (nSPS) is 16.2. The molecule has 3 aromatic rings. The third kappa shape index (κ3) is 4.01. The van der Waals surface area contributed by atoms with Crippen molar-refractivity contribution in [3.63, 3.8) is 0 Å². The highest BCUT2D eigenvalue weighted by molar-refractivity contribution is 5.92. The third-order valence-corrected chi connectivity index (χ3v) is 4.99. The Bertz CT molecular complexity index is 972. The minimum Gasteiger partial charge on any atom is -0.355 e. The summed E-state index contributed by atoms with van der Waals surface area (Å²) in [6.45, 7) is 5.43. The molecular weight excluding hydrogens is 350 g/mol. The molecule has 2 aromatic heterocycles. The van der Waals surface area contributed by atoms with E-state index in [1.165, 1.54) is 11.8 Å². The summed E-state index contributed by atoms with van der Waals surface area (Å²) >= 11 is 0. The second-order valence-corrected chi connectivity index (χ2v) is 7.24. The summed E-state index contributed by atoms with van der Waals surface area (Å²) in [7, 11) is 0. The highest BCUT2D eigenvalue weighted by atomic mass is 16.2. The lowest BCUT2D eigenvalue weighted by molar-refractivity contribution is 0.0784. The fraction of sp³-hybridized carbons (Fsp3) is 0.273. The molecular formula is C22H23N5O. The van der Waals surface area contributed by atoms with Crippen LogP contribution in [0.25, 0.3) is 0 Å². The van der Waals surface area contributed by atoms with Crippen molar-refractivity contribution in [2.24, 2.45) is 0 Å². The third-order valence-electron chi connectivity index (χ3n) is 4.99. The first kappa shape index (κ1) is 18.1. The molecule has 1 aliphatic rings. The molecule has 1 saturated heterocycles. The van der Waals surface area contributed by atoms with E-state index < -0.39 is 0 Å². The first-order chi connectivity index (χ1) is 13.6. The van der Waals surface area contributed by atoms with Crippen LogP contribution in [0.15, 0.2) is 55.0 Å². The maximum atomic E-state index is 12.6. The van der Waals surface area contributed by atoms with Crippen LogP contribution in [0, 0.1) is 13.8 Å². The monoisotopic (exact) mass is 373 g/mol. The van der Waals surface area contributed by atoms with Crippen molar-refractivity contribution >= 4 is 17.3 Å². The molecule has 1 fully saturated rings. The molecule has 0 radical (unpaired) electrons. The lowest BCUT2D eigenvalue weighted by atomic mass is 10.0. The number of carbonyl (C=O) groups excluding carboxylic acids is 1. The summed E-state index contributed by atoms with van der Waals surface area (Å²) < 4.78 is 0. The number of aromatic nitrogens is 3. The molecule has 1 aliphatic heterocycles. The molecule has 142 valence electrons.